The number of hydrazine groups is 1. The van der Waals surface area contributed by atoms with Gasteiger partial charge in [0.15, 0.2) is 0 Å². The Kier molecular flexibility index (Phi) is 5.97. The average Bonchev–Trinajstić information content (AvgIpc) is 3.45. The SMILES string of the molecule is CC(C(=O)NNS(=O)(=O)c1ccc([N+](=O)[O-])cc1)N1C(=O)c2ccccc2C1c1c[nH]c2ccccc12. The maximum absolute atomic E-state index is 13.4. The van der Waals surface area contributed by atoms with Crippen molar-refractivity contribution in [3.05, 3.63) is 106 Å². The number of nitro benzene ring substituents is 1. The second-order valence-electron chi connectivity index (χ2n) is 8.51. The molecule has 1 aromatic heterocycles. The van der Waals surface area contributed by atoms with Crippen molar-refractivity contribution in [2.24, 2.45) is 0 Å². The number of aromatic nitrogens is 1. The number of hydrogen-bond donors (Lipinski definition) is 3. The second-order valence-corrected chi connectivity index (χ2v) is 10.2. The number of rotatable bonds is 7. The third kappa shape index (κ3) is 4.21. The van der Waals surface area contributed by atoms with Crippen molar-refractivity contribution in [2.75, 3.05) is 0 Å². The van der Waals surface area contributed by atoms with Crippen LogP contribution in [0.4, 0.5) is 5.69 Å². The highest BCUT2D eigenvalue weighted by molar-refractivity contribution is 7.89. The molecule has 0 saturated carbocycles. The van der Waals surface area contributed by atoms with Gasteiger partial charge in [-0.25, -0.2) is 8.42 Å². The molecule has 3 aromatic carbocycles. The van der Waals surface area contributed by atoms with Crippen LogP contribution in [0.5, 0.6) is 0 Å². The second kappa shape index (κ2) is 9.15. The third-order valence-electron chi connectivity index (χ3n) is 6.38. The average molecular weight is 520 g/mol. The van der Waals surface area contributed by atoms with Gasteiger partial charge in [0.1, 0.15) is 6.04 Å². The van der Waals surface area contributed by atoms with Gasteiger partial charge < -0.3 is 9.88 Å². The summed E-state index contributed by atoms with van der Waals surface area (Å²) in [6.07, 6.45) is 1.81. The van der Waals surface area contributed by atoms with E-state index >= 15 is 0 Å². The zero-order chi connectivity index (χ0) is 26.3. The number of carbonyl (C=O) groups is 2. The van der Waals surface area contributed by atoms with E-state index in [4.69, 9.17) is 0 Å². The molecule has 2 unspecified atom stereocenters. The van der Waals surface area contributed by atoms with Crippen molar-refractivity contribution in [2.45, 2.75) is 23.9 Å². The summed E-state index contributed by atoms with van der Waals surface area (Å²) in [6, 6.07) is 17.3. The molecular weight excluding hydrogens is 498 g/mol. The Balaban J connectivity index is 1.41. The van der Waals surface area contributed by atoms with Crippen LogP contribution in [0.25, 0.3) is 10.9 Å². The number of para-hydroxylation sites is 1. The summed E-state index contributed by atoms with van der Waals surface area (Å²) in [5, 5.41) is 11.7. The van der Waals surface area contributed by atoms with Crippen LogP contribution < -0.4 is 10.3 Å². The van der Waals surface area contributed by atoms with Gasteiger partial charge >= 0.3 is 0 Å². The number of aromatic amines is 1. The first-order valence-electron chi connectivity index (χ1n) is 11.2. The topological polar surface area (TPSA) is 155 Å². The van der Waals surface area contributed by atoms with E-state index in [0.717, 1.165) is 46.3 Å². The first-order valence-corrected chi connectivity index (χ1v) is 12.7. The lowest BCUT2D eigenvalue weighted by Crippen LogP contribution is -2.52. The Labute approximate surface area is 211 Å². The van der Waals surface area contributed by atoms with E-state index in [9.17, 15) is 28.1 Å². The van der Waals surface area contributed by atoms with Crippen LogP contribution in [-0.4, -0.2) is 41.1 Å². The molecular formula is C25H21N5O6S. The Morgan fingerprint density at radius 1 is 1.03 bits per heavy atom. The van der Waals surface area contributed by atoms with Gasteiger partial charge in [0.05, 0.1) is 15.9 Å². The molecule has 2 heterocycles. The number of H-pyrrole nitrogens is 1. The lowest BCUT2D eigenvalue weighted by Gasteiger charge is -2.30. The Morgan fingerprint density at radius 3 is 2.43 bits per heavy atom. The maximum Gasteiger partial charge on any atom is 0.269 e. The van der Waals surface area contributed by atoms with Gasteiger partial charge in [0, 0.05) is 40.4 Å². The van der Waals surface area contributed by atoms with E-state index in [1.54, 1.807) is 18.3 Å². The molecule has 0 fully saturated rings. The Bertz CT molecular complexity index is 1650. The predicted octanol–water partition coefficient (Wildman–Crippen LogP) is 3.02. The molecule has 5 rings (SSSR count). The van der Waals surface area contributed by atoms with E-state index in [1.807, 2.05) is 41.2 Å². The van der Waals surface area contributed by atoms with Gasteiger partial charge in [-0.2, -0.15) is 0 Å². The molecule has 0 bridgehead atoms. The normalized spacial score (nSPS) is 16.0. The maximum atomic E-state index is 13.4. The number of benzene rings is 3. The zero-order valence-corrected chi connectivity index (χ0v) is 20.2. The molecule has 37 heavy (non-hydrogen) atoms. The summed E-state index contributed by atoms with van der Waals surface area (Å²) in [5.41, 5.74) is 4.79. The largest absolute Gasteiger partial charge is 0.361 e. The molecule has 0 spiro atoms. The number of amides is 2. The van der Waals surface area contributed by atoms with Crippen LogP contribution in [0.2, 0.25) is 0 Å². The van der Waals surface area contributed by atoms with Crippen LogP contribution in [0.15, 0.2) is 83.9 Å². The fourth-order valence-corrected chi connectivity index (χ4v) is 5.37. The van der Waals surface area contributed by atoms with Gasteiger partial charge in [-0.1, -0.05) is 36.4 Å². The molecule has 11 nitrogen and oxygen atoms in total. The molecule has 12 heteroatoms. The Morgan fingerprint density at radius 2 is 1.70 bits per heavy atom. The fraction of sp³-hybridized carbons (Fsp3) is 0.120. The summed E-state index contributed by atoms with van der Waals surface area (Å²) in [5.74, 6) is -1.11. The van der Waals surface area contributed by atoms with Crippen LogP contribution in [0.1, 0.15) is 34.5 Å². The van der Waals surface area contributed by atoms with Crippen LogP contribution >= 0.6 is 0 Å². The van der Waals surface area contributed by atoms with Crippen LogP contribution in [0, 0.1) is 10.1 Å². The number of carbonyl (C=O) groups excluding carboxylic acids is 2. The molecule has 1 aliphatic heterocycles. The standard InChI is InChI=1S/C25H21N5O6S/c1-15(24(31)27-28-37(35,36)17-12-10-16(11-13-17)30(33)34)29-23(19-7-2-3-8-20(19)25(29)32)21-14-26-22-9-5-4-6-18(21)22/h2-15,23,26,28H,1H3,(H,27,31). The summed E-state index contributed by atoms with van der Waals surface area (Å²) in [4.78, 5) is 43.1. The van der Waals surface area contributed by atoms with E-state index in [1.165, 1.54) is 11.8 Å². The summed E-state index contributed by atoms with van der Waals surface area (Å²) in [6.45, 7) is 1.52. The molecule has 4 aromatic rings. The van der Waals surface area contributed by atoms with Crippen molar-refractivity contribution in [1.29, 1.82) is 0 Å². The number of hydrogen-bond acceptors (Lipinski definition) is 6. The Hall–Kier alpha value is -4.55. The highest BCUT2D eigenvalue weighted by Crippen LogP contribution is 2.42. The predicted molar refractivity (Wildman–Crippen MR) is 134 cm³/mol. The molecule has 2 amide bonds. The van der Waals surface area contributed by atoms with E-state index in [0.29, 0.717) is 5.56 Å². The fourth-order valence-electron chi connectivity index (χ4n) is 4.53. The molecule has 0 saturated heterocycles. The third-order valence-corrected chi connectivity index (χ3v) is 7.64. The van der Waals surface area contributed by atoms with E-state index in [-0.39, 0.29) is 16.5 Å². The smallest absolute Gasteiger partial charge is 0.269 e. The van der Waals surface area contributed by atoms with Crippen LogP contribution in [-0.2, 0) is 14.8 Å². The number of fused-ring (bicyclic) bond motifs is 2. The summed E-state index contributed by atoms with van der Waals surface area (Å²) < 4.78 is 25.2. The summed E-state index contributed by atoms with van der Waals surface area (Å²) >= 11 is 0. The van der Waals surface area contributed by atoms with Gasteiger partial charge in [0.2, 0.25) is 0 Å². The lowest BCUT2D eigenvalue weighted by molar-refractivity contribution is -0.384. The first-order chi connectivity index (χ1) is 17.7. The molecule has 3 N–H and O–H groups in total. The lowest BCUT2D eigenvalue weighted by atomic mass is 9.97. The summed E-state index contributed by atoms with van der Waals surface area (Å²) in [7, 11) is -4.22. The number of non-ortho nitro benzene ring substituents is 1. The molecule has 2 atom stereocenters. The molecule has 0 aliphatic carbocycles. The number of nitro groups is 1. The minimum Gasteiger partial charge on any atom is -0.361 e. The monoisotopic (exact) mass is 519 g/mol. The van der Waals surface area contributed by atoms with Gasteiger partial charge in [-0.3, -0.25) is 25.1 Å². The van der Waals surface area contributed by atoms with Crippen LogP contribution in [0.3, 0.4) is 0 Å². The highest BCUT2D eigenvalue weighted by Gasteiger charge is 2.43. The highest BCUT2D eigenvalue weighted by atomic mass is 32.2. The van der Waals surface area contributed by atoms with Crippen molar-refractivity contribution < 1.29 is 22.9 Å². The number of sulfonamides is 1. The van der Waals surface area contributed by atoms with Gasteiger partial charge in [-0.05, 0) is 36.8 Å². The molecule has 1 aliphatic rings. The minimum absolute atomic E-state index is 0.271. The quantitative estimate of drug-likeness (QED) is 0.252. The zero-order valence-electron chi connectivity index (χ0n) is 19.4. The number of nitrogens with one attached hydrogen (secondary N) is 3. The van der Waals surface area contributed by atoms with Gasteiger partial charge in [-0.15, -0.1) is 4.83 Å². The van der Waals surface area contributed by atoms with Gasteiger partial charge in [0.25, 0.3) is 27.5 Å². The van der Waals surface area contributed by atoms with E-state index < -0.39 is 32.9 Å². The minimum atomic E-state index is -4.22. The number of nitrogens with zero attached hydrogens (tertiary/aromatic N) is 2. The van der Waals surface area contributed by atoms with Crippen molar-refractivity contribution >= 4 is 38.4 Å². The van der Waals surface area contributed by atoms with E-state index in [2.05, 4.69) is 10.4 Å². The first kappa shape index (κ1) is 24.2. The molecule has 0 radical (unpaired) electrons. The van der Waals surface area contributed by atoms with Crippen molar-refractivity contribution in [3.63, 3.8) is 0 Å². The van der Waals surface area contributed by atoms with Crippen molar-refractivity contribution in [3.8, 4) is 0 Å². The van der Waals surface area contributed by atoms with Crippen molar-refractivity contribution in [1.82, 2.24) is 20.1 Å². The molecule has 188 valence electrons.